The zero-order valence-corrected chi connectivity index (χ0v) is 9.66. The summed E-state index contributed by atoms with van der Waals surface area (Å²) in [7, 11) is 0. The lowest BCUT2D eigenvalue weighted by atomic mass is 10.1. The van der Waals surface area contributed by atoms with Gasteiger partial charge in [0.1, 0.15) is 5.58 Å². The maximum absolute atomic E-state index is 11.5. The van der Waals surface area contributed by atoms with Crippen LogP contribution in [0.1, 0.15) is 28.6 Å². The molecule has 0 unspecified atom stereocenters. The van der Waals surface area contributed by atoms with Gasteiger partial charge in [-0.05, 0) is 38.0 Å². The number of carbonyl (C=O) groups is 1. The molecular formula is C13H14O3. The summed E-state index contributed by atoms with van der Waals surface area (Å²) in [5.74, 6) is -0.133. The first-order valence-corrected chi connectivity index (χ1v) is 5.30. The standard InChI is InChI=1S/C13H14O3/c1-4-15-13(14)11-7-10-8(2)5-6-9(3)12(10)16-11/h5-7H,4H2,1-3H3. The van der Waals surface area contributed by atoms with Gasteiger partial charge in [-0.1, -0.05) is 12.1 Å². The summed E-state index contributed by atoms with van der Waals surface area (Å²) in [5, 5.41) is 0.975. The van der Waals surface area contributed by atoms with Crippen molar-refractivity contribution < 1.29 is 13.9 Å². The second kappa shape index (κ2) is 4.00. The highest BCUT2D eigenvalue weighted by molar-refractivity contribution is 5.94. The summed E-state index contributed by atoms with van der Waals surface area (Å²) in [6.07, 6.45) is 0. The minimum Gasteiger partial charge on any atom is -0.460 e. The van der Waals surface area contributed by atoms with Crippen molar-refractivity contribution in [3.63, 3.8) is 0 Å². The average molecular weight is 218 g/mol. The van der Waals surface area contributed by atoms with Gasteiger partial charge in [-0.25, -0.2) is 4.79 Å². The minimum absolute atomic E-state index is 0.272. The molecule has 0 amide bonds. The van der Waals surface area contributed by atoms with Crippen LogP contribution in [-0.4, -0.2) is 12.6 Å². The van der Waals surface area contributed by atoms with Crippen molar-refractivity contribution in [2.45, 2.75) is 20.8 Å². The SMILES string of the molecule is CCOC(=O)c1cc2c(C)ccc(C)c2o1. The fourth-order valence-electron chi connectivity index (χ4n) is 1.70. The Morgan fingerprint density at radius 3 is 2.62 bits per heavy atom. The molecular weight excluding hydrogens is 204 g/mol. The Morgan fingerprint density at radius 2 is 2.00 bits per heavy atom. The predicted molar refractivity (Wildman–Crippen MR) is 61.6 cm³/mol. The first kappa shape index (κ1) is 10.7. The number of rotatable bonds is 2. The molecule has 0 aliphatic rings. The summed E-state index contributed by atoms with van der Waals surface area (Å²) in [6.45, 7) is 6.08. The second-order valence-corrected chi connectivity index (χ2v) is 3.77. The summed E-state index contributed by atoms with van der Waals surface area (Å²) < 4.78 is 10.4. The summed E-state index contributed by atoms with van der Waals surface area (Å²) in [4.78, 5) is 11.5. The molecule has 0 atom stereocenters. The van der Waals surface area contributed by atoms with Crippen molar-refractivity contribution in [1.29, 1.82) is 0 Å². The number of hydrogen-bond acceptors (Lipinski definition) is 3. The molecule has 16 heavy (non-hydrogen) atoms. The van der Waals surface area contributed by atoms with Gasteiger partial charge >= 0.3 is 5.97 Å². The topological polar surface area (TPSA) is 39.4 Å². The van der Waals surface area contributed by atoms with Gasteiger partial charge in [0.05, 0.1) is 6.61 Å². The molecule has 2 aromatic rings. The van der Waals surface area contributed by atoms with E-state index in [0.717, 1.165) is 22.1 Å². The number of esters is 1. The van der Waals surface area contributed by atoms with Crippen LogP contribution in [0.15, 0.2) is 22.6 Å². The van der Waals surface area contributed by atoms with Gasteiger partial charge in [0, 0.05) is 5.39 Å². The number of aryl methyl sites for hydroxylation is 2. The normalized spacial score (nSPS) is 10.7. The van der Waals surface area contributed by atoms with Crippen molar-refractivity contribution in [2.24, 2.45) is 0 Å². The van der Waals surface area contributed by atoms with E-state index in [9.17, 15) is 4.79 Å². The van der Waals surface area contributed by atoms with E-state index < -0.39 is 5.97 Å². The molecule has 84 valence electrons. The Hall–Kier alpha value is -1.77. The molecule has 0 aliphatic carbocycles. The molecule has 3 nitrogen and oxygen atoms in total. The monoisotopic (exact) mass is 218 g/mol. The highest BCUT2D eigenvalue weighted by Crippen LogP contribution is 2.26. The van der Waals surface area contributed by atoms with E-state index in [1.165, 1.54) is 0 Å². The molecule has 1 aromatic heterocycles. The van der Waals surface area contributed by atoms with Crippen LogP contribution >= 0.6 is 0 Å². The average Bonchev–Trinajstić information content (AvgIpc) is 2.70. The Morgan fingerprint density at radius 1 is 1.31 bits per heavy atom. The van der Waals surface area contributed by atoms with Gasteiger partial charge in [0.2, 0.25) is 5.76 Å². The number of benzene rings is 1. The molecule has 0 aliphatic heterocycles. The number of furan rings is 1. The number of carbonyl (C=O) groups excluding carboxylic acids is 1. The maximum Gasteiger partial charge on any atom is 0.374 e. The maximum atomic E-state index is 11.5. The summed E-state index contributed by atoms with van der Waals surface area (Å²) in [6, 6.07) is 5.74. The van der Waals surface area contributed by atoms with E-state index in [-0.39, 0.29) is 5.76 Å². The van der Waals surface area contributed by atoms with Crippen LogP contribution in [-0.2, 0) is 4.74 Å². The smallest absolute Gasteiger partial charge is 0.374 e. The van der Waals surface area contributed by atoms with Crippen LogP contribution in [0.5, 0.6) is 0 Å². The van der Waals surface area contributed by atoms with Crippen molar-refractivity contribution in [3.05, 3.63) is 35.1 Å². The number of fused-ring (bicyclic) bond motifs is 1. The van der Waals surface area contributed by atoms with Crippen LogP contribution in [0.3, 0.4) is 0 Å². The third-order valence-electron chi connectivity index (χ3n) is 2.58. The predicted octanol–water partition coefficient (Wildman–Crippen LogP) is 3.23. The van der Waals surface area contributed by atoms with Crippen LogP contribution in [0.2, 0.25) is 0 Å². The van der Waals surface area contributed by atoms with Gasteiger partial charge in [-0.3, -0.25) is 0 Å². The zero-order valence-electron chi connectivity index (χ0n) is 9.66. The molecule has 0 radical (unpaired) electrons. The fraction of sp³-hybridized carbons (Fsp3) is 0.308. The van der Waals surface area contributed by atoms with Gasteiger partial charge in [0.25, 0.3) is 0 Å². The van der Waals surface area contributed by atoms with Gasteiger partial charge in [0.15, 0.2) is 0 Å². The van der Waals surface area contributed by atoms with Gasteiger partial charge in [-0.2, -0.15) is 0 Å². The molecule has 0 saturated heterocycles. The summed E-state index contributed by atoms with van der Waals surface area (Å²) >= 11 is 0. The quantitative estimate of drug-likeness (QED) is 0.726. The first-order chi connectivity index (χ1) is 7.63. The lowest BCUT2D eigenvalue weighted by molar-refractivity contribution is 0.0492. The number of ether oxygens (including phenoxy) is 1. The highest BCUT2D eigenvalue weighted by atomic mass is 16.5. The largest absolute Gasteiger partial charge is 0.460 e. The third-order valence-corrected chi connectivity index (χ3v) is 2.58. The fourth-order valence-corrected chi connectivity index (χ4v) is 1.70. The third kappa shape index (κ3) is 1.69. The van der Waals surface area contributed by atoms with E-state index in [4.69, 9.17) is 9.15 Å². The van der Waals surface area contributed by atoms with E-state index in [1.807, 2.05) is 26.0 Å². The molecule has 0 bridgehead atoms. The van der Waals surface area contributed by atoms with E-state index >= 15 is 0 Å². The molecule has 2 rings (SSSR count). The van der Waals surface area contributed by atoms with E-state index in [2.05, 4.69) is 0 Å². The van der Waals surface area contributed by atoms with E-state index in [0.29, 0.717) is 6.61 Å². The first-order valence-electron chi connectivity index (χ1n) is 5.30. The lowest BCUT2D eigenvalue weighted by Crippen LogP contribution is -2.02. The lowest BCUT2D eigenvalue weighted by Gasteiger charge is -1.97. The van der Waals surface area contributed by atoms with Crippen molar-refractivity contribution >= 4 is 16.9 Å². The van der Waals surface area contributed by atoms with Crippen LogP contribution in [0.4, 0.5) is 0 Å². The van der Waals surface area contributed by atoms with Gasteiger partial charge in [-0.15, -0.1) is 0 Å². The van der Waals surface area contributed by atoms with Crippen LogP contribution < -0.4 is 0 Å². The zero-order chi connectivity index (χ0) is 11.7. The van der Waals surface area contributed by atoms with Crippen LogP contribution in [0.25, 0.3) is 11.0 Å². The Labute approximate surface area is 94.0 Å². The Balaban J connectivity index is 2.55. The summed E-state index contributed by atoms with van der Waals surface area (Å²) in [5.41, 5.74) is 2.89. The second-order valence-electron chi connectivity index (χ2n) is 3.77. The molecule has 3 heteroatoms. The van der Waals surface area contributed by atoms with E-state index in [1.54, 1.807) is 13.0 Å². The van der Waals surface area contributed by atoms with Crippen LogP contribution in [0, 0.1) is 13.8 Å². The molecule has 0 saturated carbocycles. The van der Waals surface area contributed by atoms with Crippen molar-refractivity contribution in [3.8, 4) is 0 Å². The Kier molecular flexibility index (Phi) is 2.69. The highest BCUT2D eigenvalue weighted by Gasteiger charge is 2.15. The number of hydrogen-bond donors (Lipinski definition) is 0. The Bertz CT molecular complexity index is 498. The molecule has 0 fully saturated rings. The minimum atomic E-state index is -0.405. The molecule has 1 aromatic carbocycles. The molecule has 0 N–H and O–H groups in total. The van der Waals surface area contributed by atoms with Crippen molar-refractivity contribution in [1.82, 2.24) is 0 Å². The van der Waals surface area contributed by atoms with Gasteiger partial charge < -0.3 is 9.15 Å². The molecule has 1 heterocycles. The molecule has 0 spiro atoms. The van der Waals surface area contributed by atoms with Crippen molar-refractivity contribution in [2.75, 3.05) is 6.61 Å².